The second-order valence-corrected chi connectivity index (χ2v) is 20.8. The molecule has 7 fully saturated rings. The highest BCUT2D eigenvalue weighted by atomic mass is 16.8. The third kappa shape index (κ3) is 6.16. The summed E-state index contributed by atoms with van der Waals surface area (Å²) in [5, 5.41) is 52.3. The Morgan fingerprint density at radius 3 is 2.06 bits per heavy atom. The van der Waals surface area contributed by atoms with Crippen molar-refractivity contribution in [1.29, 1.82) is 0 Å². The number of aliphatic hydroxyl groups excluding tert-OH is 5. The minimum Gasteiger partial charge on any atom is -0.394 e. The lowest BCUT2D eigenvalue weighted by atomic mass is 9.32. The first-order valence-corrected chi connectivity index (χ1v) is 21.2. The number of carbonyl (C=O) groups is 1. The van der Waals surface area contributed by atoms with Crippen LogP contribution in [0.1, 0.15) is 133 Å². The fourth-order valence-electron chi connectivity index (χ4n) is 14.5. The number of carbonyl (C=O) groups excluding carboxylic acids is 1. The molecule has 0 radical (unpaired) electrons. The lowest BCUT2D eigenvalue weighted by molar-refractivity contribution is -0.366. The van der Waals surface area contributed by atoms with Crippen LogP contribution >= 0.6 is 0 Å². The van der Waals surface area contributed by atoms with Gasteiger partial charge in [0.2, 0.25) is 0 Å². The number of aliphatic hydroxyl groups is 5. The monoisotopic (exact) mass is 749 g/mol. The van der Waals surface area contributed by atoms with Gasteiger partial charge in [0.05, 0.1) is 24.9 Å². The Hall–Kier alpha value is -0.690. The van der Waals surface area contributed by atoms with Crippen LogP contribution in [0.25, 0.3) is 0 Å². The van der Waals surface area contributed by atoms with Crippen molar-refractivity contribution in [3.05, 3.63) is 0 Å². The van der Waals surface area contributed by atoms with Gasteiger partial charge in [-0.05, 0) is 136 Å². The Morgan fingerprint density at radius 2 is 1.38 bits per heavy atom. The van der Waals surface area contributed by atoms with Crippen LogP contribution in [0.5, 0.6) is 0 Å². The van der Waals surface area contributed by atoms with Crippen molar-refractivity contribution in [3.8, 4) is 0 Å². The molecule has 7 rings (SSSR count). The molecule has 0 bridgehead atoms. The number of rotatable bonds is 6. The Labute approximate surface area is 318 Å². The molecule has 5 saturated carbocycles. The average Bonchev–Trinajstić information content (AvgIpc) is 3.10. The normalized spacial score (nSPS) is 56.6. The van der Waals surface area contributed by atoms with Crippen molar-refractivity contribution in [1.82, 2.24) is 0 Å². The molecule has 53 heavy (non-hydrogen) atoms. The fraction of sp³-hybridized carbons (Fsp3) is 0.977. The molecule has 304 valence electrons. The van der Waals surface area contributed by atoms with Gasteiger partial charge < -0.3 is 44.5 Å². The Morgan fingerprint density at radius 1 is 0.679 bits per heavy atom. The molecule has 0 aromatic carbocycles. The Balaban J connectivity index is 1.09. The van der Waals surface area contributed by atoms with E-state index < -0.39 is 67.8 Å². The van der Waals surface area contributed by atoms with Crippen LogP contribution in [0.3, 0.4) is 0 Å². The molecule has 0 amide bonds. The summed E-state index contributed by atoms with van der Waals surface area (Å²) in [5.41, 5.74) is 0.723. The highest BCUT2D eigenvalue weighted by Gasteiger charge is 2.70. The van der Waals surface area contributed by atoms with Gasteiger partial charge in [0, 0.05) is 11.3 Å². The zero-order valence-electron chi connectivity index (χ0n) is 34.0. The van der Waals surface area contributed by atoms with Crippen molar-refractivity contribution in [2.45, 2.75) is 194 Å². The second kappa shape index (κ2) is 14.0. The van der Waals surface area contributed by atoms with Crippen molar-refractivity contribution >= 4 is 5.78 Å². The van der Waals surface area contributed by atoms with E-state index in [1.165, 1.54) is 25.7 Å². The van der Waals surface area contributed by atoms with Crippen molar-refractivity contribution in [2.24, 2.45) is 62.6 Å². The summed E-state index contributed by atoms with van der Waals surface area (Å²) in [6.07, 6.45) is 2.06. The largest absolute Gasteiger partial charge is 0.394 e. The maximum atomic E-state index is 13.5. The van der Waals surface area contributed by atoms with Gasteiger partial charge in [-0.25, -0.2) is 0 Å². The molecule has 2 saturated heterocycles. The molecule has 5 aliphatic carbocycles. The van der Waals surface area contributed by atoms with Crippen LogP contribution in [0.15, 0.2) is 0 Å². The maximum Gasteiger partial charge on any atom is 0.187 e. The van der Waals surface area contributed by atoms with E-state index in [2.05, 4.69) is 41.5 Å². The topological polar surface area (TPSA) is 155 Å². The Bertz CT molecular complexity index is 1360. The van der Waals surface area contributed by atoms with Crippen LogP contribution < -0.4 is 0 Å². The van der Waals surface area contributed by atoms with Crippen molar-refractivity contribution in [2.75, 3.05) is 6.61 Å². The second-order valence-electron chi connectivity index (χ2n) is 20.8. The number of hydrogen-bond acceptors (Lipinski definition) is 10. The van der Waals surface area contributed by atoms with Crippen molar-refractivity contribution in [3.63, 3.8) is 0 Å². The summed E-state index contributed by atoms with van der Waals surface area (Å²) in [4.78, 5) is 13.5. The van der Waals surface area contributed by atoms with Gasteiger partial charge in [-0.2, -0.15) is 0 Å². The molecular formula is C43H72O10. The zero-order chi connectivity index (χ0) is 38.6. The molecular weight excluding hydrogens is 676 g/mol. The van der Waals surface area contributed by atoms with Gasteiger partial charge in [0.1, 0.15) is 36.3 Å². The molecule has 0 aromatic rings. The predicted molar refractivity (Wildman–Crippen MR) is 198 cm³/mol. The smallest absolute Gasteiger partial charge is 0.187 e. The molecule has 2 aliphatic heterocycles. The van der Waals surface area contributed by atoms with Gasteiger partial charge >= 0.3 is 0 Å². The summed E-state index contributed by atoms with van der Waals surface area (Å²) < 4.78 is 25.2. The SMILES string of the molecule is CC(=O)[C@]12CCC(C)(C)CC1C1CCC3C4(C)CC[C@H](O[C@@H]5OC(C)[C@H](O)[C@H](C)C5O[C@@H]5OC(CO)[C@H](O)[C@H](O)C5O)C(C)[C@@H]4CCC3(C)C1(C)CC2. The highest BCUT2D eigenvalue weighted by molar-refractivity contribution is 5.83. The number of hydrogen-bond donors (Lipinski definition) is 5. The van der Waals surface area contributed by atoms with E-state index in [0.29, 0.717) is 29.5 Å². The van der Waals surface area contributed by atoms with Crippen LogP contribution in [-0.2, 0) is 23.7 Å². The summed E-state index contributed by atoms with van der Waals surface area (Å²) in [6, 6.07) is 0. The first-order chi connectivity index (χ1) is 24.7. The number of Topliss-reactive ketones (excluding diaryl/α,β-unsaturated/α-hetero) is 1. The van der Waals surface area contributed by atoms with Crippen LogP contribution in [0, 0.1) is 62.6 Å². The lowest BCUT2D eigenvalue weighted by Gasteiger charge is -2.73. The average molecular weight is 749 g/mol. The summed E-state index contributed by atoms with van der Waals surface area (Å²) in [5.74, 6) is 2.39. The third-order valence-electron chi connectivity index (χ3n) is 18.1. The molecule has 10 heteroatoms. The number of ketones is 1. The van der Waals surface area contributed by atoms with Gasteiger partial charge in [-0.3, -0.25) is 4.79 Å². The minimum atomic E-state index is -1.57. The zero-order valence-corrected chi connectivity index (χ0v) is 34.0. The summed E-state index contributed by atoms with van der Waals surface area (Å²) in [7, 11) is 0. The molecule has 5 N–H and O–H groups in total. The third-order valence-corrected chi connectivity index (χ3v) is 18.1. The molecule has 2 heterocycles. The van der Waals surface area contributed by atoms with E-state index in [-0.39, 0.29) is 39.1 Å². The minimum absolute atomic E-state index is 0.0970. The van der Waals surface area contributed by atoms with Gasteiger partial charge in [-0.15, -0.1) is 0 Å². The molecule has 0 aromatic heterocycles. The number of fused-ring (bicyclic) bond motifs is 7. The number of ether oxygens (including phenoxy) is 4. The summed E-state index contributed by atoms with van der Waals surface area (Å²) in [6.45, 7) is 20.0. The van der Waals surface area contributed by atoms with E-state index >= 15 is 0 Å². The Kier molecular flexibility index (Phi) is 10.7. The van der Waals surface area contributed by atoms with Gasteiger partial charge in [0.15, 0.2) is 12.6 Å². The molecule has 20 atom stereocenters. The van der Waals surface area contributed by atoms with E-state index in [0.717, 1.165) is 44.9 Å². The maximum absolute atomic E-state index is 13.5. The molecule has 0 spiro atoms. The highest BCUT2D eigenvalue weighted by Crippen LogP contribution is 2.76. The lowest BCUT2D eigenvalue weighted by Crippen LogP contribution is -2.67. The van der Waals surface area contributed by atoms with E-state index in [1.807, 2.05) is 20.8 Å². The van der Waals surface area contributed by atoms with E-state index in [9.17, 15) is 30.3 Å². The standard InChI is InChI=1S/C43H72O10/c1-22-26-12-15-42(9)31(11-10-27-28-20-39(5,6)16-18-43(28,25(4)45)19-17-41(27,42)8)40(26,7)14-13-29(22)51-38-36(23(2)32(46)24(3)50-38)53-37-35(49)34(48)33(47)30(21-44)52-37/h22-24,26-38,44,46-49H,10-21H2,1-9H3/t22?,23-,24?,26-,27?,28?,29-,30?,31?,32+,33-,34-,35?,36?,37-,38-,40?,41?,42?,43+/m0/s1. The van der Waals surface area contributed by atoms with Gasteiger partial charge in [-0.1, -0.05) is 48.5 Å². The van der Waals surface area contributed by atoms with Crippen LogP contribution in [0.4, 0.5) is 0 Å². The van der Waals surface area contributed by atoms with Crippen molar-refractivity contribution < 1.29 is 49.3 Å². The summed E-state index contributed by atoms with van der Waals surface area (Å²) >= 11 is 0. The molecule has 11 unspecified atom stereocenters. The first-order valence-electron chi connectivity index (χ1n) is 21.2. The van der Waals surface area contributed by atoms with Crippen LogP contribution in [0.2, 0.25) is 0 Å². The first kappa shape index (κ1) is 40.5. The molecule has 10 nitrogen and oxygen atoms in total. The van der Waals surface area contributed by atoms with Gasteiger partial charge in [0.25, 0.3) is 0 Å². The van der Waals surface area contributed by atoms with Crippen LogP contribution in [-0.4, -0.2) is 99.3 Å². The quantitative estimate of drug-likeness (QED) is 0.224. The van der Waals surface area contributed by atoms with E-state index in [1.54, 1.807) is 0 Å². The fourth-order valence-corrected chi connectivity index (χ4v) is 14.5. The molecule has 7 aliphatic rings. The van der Waals surface area contributed by atoms with E-state index in [4.69, 9.17) is 18.9 Å². The predicted octanol–water partition coefficient (Wildman–Crippen LogP) is 5.38.